The minimum absolute atomic E-state index is 0.0638. The van der Waals surface area contributed by atoms with Crippen LogP contribution in [-0.2, 0) is 20.2 Å². The van der Waals surface area contributed by atoms with E-state index in [9.17, 15) is 18.0 Å². The first-order valence-electron chi connectivity index (χ1n) is 19.6. The molecule has 5 aromatic rings. The lowest BCUT2D eigenvalue weighted by atomic mass is 9.74. The molecule has 2 aliphatic carbocycles. The molecule has 1 heterocycles. The van der Waals surface area contributed by atoms with E-state index in [1.807, 2.05) is 97.1 Å². The van der Waals surface area contributed by atoms with Crippen LogP contribution >= 0.6 is 0 Å². The third-order valence-electron chi connectivity index (χ3n) is 11.5. The van der Waals surface area contributed by atoms with Crippen LogP contribution in [-0.4, -0.2) is 29.1 Å². The lowest BCUT2D eigenvalue weighted by Crippen LogP contribution is -2.39. The molecule has 7 rings (SSSR count). The molecule has 2 saturated carbocycles. The molecule has 1 aromatic heterocycles. The number of imidazole rings is 1. The zero-order valence-corrected chi connectivity index (χ0v) is 32.1. The number of aromatic nitrogens is 2. The number of carbonyl (C=O) groups excluding carboxylic acids is 2. The summed E-state index contributed by atoms with van der Waals surface area (Å²) >= 11 is 0. The minimum Gasteiger partial charge on any atom is -0.426 e. The van der Waals surface area contributed by atoms with Crippen LogP contribution in [0.5, 0.6) is 5.75 Å². The predicted molar refractivity (Wildman–Crippen MR) is 212 cm³/mol. The average molecular weight is 743 g/mol. The minimum atomic E-state index is -4.66. The van der Waals surface area contributed by atoms with Gasteiger partial charge in [0.2, 0.25) is 9.84 Å². The summed E-state index contributed by atoms with van der Waals surface area (Å²) in [5, 5.41) is -1.05. The summed E-state index contributed by atoms with van der Waals surface area (Å²) in [5.41, 5.74) is 2.68. The van der Waals surface area contributed by atoms with Crippen molar-refractivity contribution in [2.24, 2.45) is 5.92 Å². The summed E-state index contributed by atoms with van der Waals surface area (Å²) in [6.07, 6.45) is 14.4. The lowest BCUT2D eigenvalue weighted by Gasteiger charge is -2.38. The van der Waals surface area contributed by atoms with Crippen molar-refractivity contribution in [2.45, 2.75) is 107 Å². The number of esters is 1. The van der Waals surface area contributed by atoms with E-state index in [-0.39, 0.29) is 22.4 Å². The number of ether oxygens (including phenoxy) is 1. The smallest absolute Gasteiger partial charge is 0.308 e. The zero-order chi connectivity index (χ0) is 37.7. The van der Waals surface area contributed by atoms with E-state index in [0.717, 1.165) is 73.6 Å². The van der Waals surface area contributed by atoms with Gasteiger partial charge in [0.15, 0.2) is 0 Å². The lowest BCUT2D eigenvalue weighted by molar-refractivity contribution is -0.132. The van der Waals surface area contributed by atoms with Gasteiger partial charge in [0.1, 0.15) is 17.0 Å². The fourth-order valence-corrected chi connectivity index (χ4v) is 10.3. The monoisotopic (exact) mass is 742 g/mol. The molecule has 0 spiro atoms. The molecule has 0 amide bonds. The molecule has 1 atom stereocenters. The first-order valence-corrected chi connectivity index (χ1v) is 21.1. The average Bonchev–Trinajstić information content (AvgIpc) is 3.93. The van der Waals surface area contributed by atoms with Crippen molar-refractivity contribution >= 4 is 20.9 Å². The van der Waals surface area contributed by atoms with Crippen molar-refractivity contribution in [1.29, 1.82) is 0 Å². The molecule has 0 unspecified atom stereocenters. The fourth-order valence-electron chi connectivity index (χ4n) is 8.84. The molecule has 0 N–H and O–H groups in total. The van der Waals surface area contributed by atoms with E-state index in [1.165, 1.54) is 32.4 Å². The third-order valence-corrected chi connectivity index (χ3v) is 13.1. The Labute approximate surface area is 319 Å². The van der Waals surface area contributed by atoms with Crippen LogP contribution in [0.1, 0.15) is 135 Å². The Hall–Kier alpha value is -4.82. The number of carbonyl (C=O) groups is 2. The number of unbranched alkanes of at least 4 members (excludes halogenated alkanes) is 2. The highest BCUT2D eigenvalue weighted by Gasteiger charge is 2.45. The molecular weight excluding hydrogens is 693 g/mol. The predicted octanol–water partition coefficient (Wildman–Crippen LogP) is 10.4. The van der Waals surface area contributed by atoms with Crippen LogP contribution < -0.4 is 4.74 Å². The molecule has 0 saturated heterocycles. The van der Waals surface area contributed by atoms with E-state index in [4.69, 9.17) is 4.74 Å². The zero-order valence-electron chi connectivity index (χ0n) is 31.3. The van der Waals surface area contributed by atoms with Gasteiger partial charge in [-0.15, -0.1) is 0 Å². The van der Waals surface area contributed by atoms with E-state index in [0.29, 0.717) is 17.2 Å². The molecule has 0 aliphatic heterocycles. The summed E-state index contributed by atoms with van der Waals surface area (Å²) in [7, 11) is -4.66. The van der Waals surface area contributed by atoms with Crippen molar-refractivity contribution in [2.75, 3.05) is 0 Å². The number of hydrogen-bond acceptors (Lipinski definition) is 6. The maximum Gasteiger partial charge on any atom is 0.308 e. The van der Waals surface area contributed by atoms with Crippen LogP contribution in [0.4, 0.5) is 0 Å². The first-order chi connectivity index (χ1) is 26.3. The molecule has 0 bridgehead atoms. The van der Waals surface area contributed by atoms with Crippen LogP contribution in [0.2, 0.25) is 0 Å². The molecule has 0 radical (unpaired) electrons. The number of benzene rings is 4. The molecular formula is C46H50N2O5S. The Morgan fingerprint density at radius 2 is 1.37 bits per heavy atom. The Morgan fingerprint density at radius 3 is 1.89 bits per heavy atom. The van der Waals surface area contributed by atoms with Crippen LogP contribution in [0.25, 0.3) is 0 Å². The van der Waals surface area contributed by atoms with Crippen LogP contribution in [0, 0.1) is 5.92 Å². The second kappa shape index (κ2) is 16.3. The van der Waals surface area contributed by atoms with Crippen molar-refractivity contribution < 1.29 is 22.7 Å². The molecule has 280 valence electrons. The van der Waals surface area contributed by atoms with Gasteiger partial charge in [-0.2, -0.15) is 0 Å². The van der Waals surface area contributed by atoms with Gasteiger partial charge >= 0.3 is 5.97 Å². The van der Waals surface area contributed by atoms with E-state index >= 15 is 0 Å². The highest BCUT2D eigenvalue weighted by molar-refractivity contribution is 8.06. The summed E-state index contributed by atoms with van der Waals surface area (Å²) in [6, 6.07) is 32.8. The topological polar surface area (TPSA) is 95.3 Å². The molecule has 2 fully saturated rings. The Bertz CT molecular complexity index is 2070. The van der Waals surface area contributed by atoms with Crippen molar-refractivity contribution in [3.8, 4) is 5.75 Å². The fraction of sp³-hybridized carbons (Fsp3) is 0.370. The number of nitrogens with zero attached hydrogens (tertiary/aromatic N) is 2. The molecule has 7 nitrogen and oxygen atoms in total. The largest absolute Gasteiger partial charge is 0.426 e. The maximum atomic E-state index is 15.0. The molecule has 54 heavy (non-hydrogen) atoms. The second-order valence-corrected chi connectivity index (χ2v) is 16.8. The summed E-state index contributed by atoms with van der Waals surface area (Å²) in [4.78, 5) is 32.1. The molecule has 2 aliphatic rings. The summed E-state index contributed by atoms with van der Waals surface area (Å²) in [6.45, 7) is 3.56. The van der Waals surface area contributed by atoms with Gasteiger partial charge in [-0.1, -0.05) is 143 Å². The van der Waals surface area contributed by atoms with Crippen LogP contribution in [0.15, 0.2) is 121 Å². The molecule has 4 aromatic carbocycles. The van der Waals surface area contributed by atoms with E-state index in [2.05, 4.69) is 11.9 Å². The Kier molecular flexibility index (Phi) is 11.3. The maximum absolute atomic E-state index is 15.0. The SMILES string of the molecule is CCCCC[C@H](c1ccc(S(=O)(=O)C(=O)c2cncn2C(c2ccccc2)(c2ccccc2)c2ccccc2)c(C2CC2)c1OC(C)=O)C1CCCCC1. The first kappa shape index (κ1) is 37.5. The molecule has 8 heteroatoms. The van der Waals surface area contributed by atoms with Gasteiger partial charge in [-0.25, -0.2) is 13.4 Å². The van der Waals surface area contributed by atoms with Crippen LogP contribution in [0.3, 0.4) is 0 Å². The normalized spacial score (nSPS) is 15.8. The summed E-state index contributed by atoms with van der Waals surface area (Å²) < 4.78 is 37.7. The number of hydrogen-bond donors (Lipinski definition) is 0. The quantitative estimate of drug-likeness (QED) is 0.0487. The van der Waals surface area contributed by atoms with E-state index in [1.54, 1.807) is 17.0 Å². The number of rotatable bonds is 14. The van der Waals surface area contributed by atoms with Crippen molar-refractivity contribution in [3.05, 3.63) is 149 Å². The van der Waals surface area contributed by atoms with Gasteiger partial charge in [0, 0.05) is 12.5 Å². The Morgan fingerprint density at radius 1 is 0.796 bits per heavy atom. The number of sulfone groups is 1. The van der Waals surface area contributed by atoms with Gasteiger partial charge in [-0.3, -0.25) is 9.59 Å². The van der Waals surface area contributed by atoms with Crippen molar-refractivity contribution in [3.63, 3.8) is 0 Å². The second-order valence-electron chi connectivity index (χ2n) is 15.0. The highest BCUT2D eigenvalue weighted by Crippen LogP contribution is 2.52. The highest BCUT2D eigenvalue weighted by atomic mass is 32.2. The summed E-state index contributed by atoms with van der Waals surface area (Å²) in [5.74, 6) is 0.304. The Balaban J connectivity index is 1.40. The standard InChI is InChI=1S/C46H50N2O5S/c1-3-4-9-26-39(34-18-10-5-11-19-34)40-29-30-42(43(35-27-28-35)44(40)53-33(2)49)54(51,52)45(50)41-31-47-32-48(41)46(36-20-12-6-13-21-36,37-22-14-7-15-23-37)38-24-16-8-17-25-38/h6-8,12-17,20-25,29-32,34-35,39H,3-5,9-11,18-19,26-28H2,1-2H3/t39-/m0/s1. The van der Waals surface area contributed by atoms with Gasteiger partial charge in [0.25, 0.3) is 5.12 Å². The van der Waals surface area contributed by atoms with Gasteiger partial charge in [0.05, 0.1) is 17.4 Å². The van der Waals surface area contributed by atoms with Gasteiger partial charge < -0.3 is 9.30 Å². The van der Waals surface area contributed by atoms with Gasteiger partial charge in [-0.05, 0) is 78.2 Å². The third kappa shape index (κ3) is 7.20. The van der Waals surface area contributed by atoms with Crippen molar-refractivity contribution in [1.82, 2.24) is 9.55 Å². The van der Waals surface area contributed by atoms with E-state index < -0.39 is 26.5 Å².